The Morgan fingerprint density at radius 1 is 1.15 bits per heavy atom. The fraction of sp³-hybridized carbons (Fsp3) is 0.0625. The number of carbonyl (C=O) groups excluding carboxylic acids is 1. The average molecular weight is 266 g/mol. The van der Waals surface area contributed by atoms with E-state index in [0.29, 0.717) is 17.0 Å². The van der Waals surface area contributed by atoms with Gasteiger partial charge in [0.1, 0.15) is 5.58 Å². The van der Waals surface area contributed by atoms with E-state index in [1.165, 1.54) is 0 Å². The molecule has 0 bridgehead atoms. The first-order valence-corrected chi connectivity index (χ1v) is 6.29. The number of nitrogens with one attached hydrogen (secondary N) is 1. The van der Waals surface area contributed by atoms with Gasteiger partial charge in [0.05, 0.1) is 11.4 Å². The third-order valence-corrected chi connectivity index (χ3v) is 3.11. The summed E-state index contributed by atoms with van der Waals surface area (Å²) in [7, 11) is 0. The Bertz CT molecular complexity index is 757. The highest BCUT2D eigenvalue weighted by Crippen LogP contribution is 2.23. The van der Waals surface area contributed by atoms with E-state index in [1.807, 2.05) is 43.3 Å². The van der Waals surface area contributed by atoms with Crippen LogP contribution in [0.1, 0.15) is 16.1 Å². The van der Waals surface area contributed by atoms with Crippen molar-refractivity contribution in [3.8, 4) is 0 Å². The lowest BCUT2D eigenvalue weighted by Crippen LogP contribution is -2.12. The van der Waals surface area contributed by atoms with E-state index >= 15 is 0 Å². The number of carbonyl (C=O) groups is 1. The molecule has 4 heteroatoms. The predicted molar refractivity (Wildman–Crippen MR) is 79.8 cm³/mol. The Labute approximate surface area is 116 Å². The lowest BCUT2D eigenvalue weighted by atomic mass is 10.2. The first-order valence-electron chi connectivity index (χ1n) is 6.29. The van der Waals surface area contributed by atoms with Crippen LogP contribution >= 0.6 is 0 Å². The molecule has 0 aliphatic rings. The molecule has 1 aromatic heterocycles. The summed E-state index contributed by atoms with van der Waals surface area (Å²) >= 11 is 0. The number of para-hydroxylation sites is 1. The van der Waals surface area contributed by atoms with Crippen molar-refractivity contribution in [2.45, 2.75) is 6.92 Å². The minimum atomic E-state index is -0.307. The van der Waals surface area contributed by atoms with Gasteiger partial charge in [-0.3, -0.25) is 4.79 Å². The van der Waals surface area contributed by atoms with E-state index in [4.69, 9.17) is 10.2 Å². The van der Waals surface area contributed by atoms with Crippen LogP contribution in [0.15, 0.2) is 52.9 Å². The van der Waals surface area contributed by atoms with Gasteiger partial charge in [-0.2, -0.15) is 0 Å². The zero-order chi connectivity index (χ0) is 14.1. The van der Waals surface area contributed by atoms with Crippen molar-refractivity contribution < 1.29 is 9.21 Å². The molecule has 0 spiro atoms. The number of hydrogen-bond donors (Lipinski definition) is 2. The number of furan rings is 1. The van der Waals surface area contributed by atoms with Crippen molar-refractivity contribution in [3.05, 3.63) is 59.9 Å². The van der Waals surface area contributed by atoms with Crippen LogP contribution in [0.25, 0.3) is 11.0 Å². The van der Waals surface area contributed by atoms with Gasteiger partial charge in [0.2, 0.25) is 0 Å². The molecule has 3 N–H and O–H groups in total. The summed E-state index contributed by atoms with van der Waals surface area (Å²) in [4.78, 5) is 12.2. The molecule has 0 aliphatic heterocycles. The smallest absolute Gasteiger partial charge is 0.291 e. The lowest BCUT2D eigenvalue weighted by Gasteiger charge is -2.07. The van der Waals surface area contributed by atoms with Crippen LogP contribution in [-0.2, 0) is 0 Å². The van der Waals surface area contributed by atoms with Crippen molar-refractivity contribution in [3.63, 3.8) is 0 Å². The van der Waals surface area contributed by atoms with Gasteiger partial charge in [-0.1, -0.05) is 24.3 Å². The third kappa shape index (κ3) is 2.23. The lowest BCUT2D eigenvalue weighted by molar-refractivity contribution is 0.0999. The fourth-order valence-electron chi connectivity index (χ4n) is 2.06. The molecule has 3 rings (SSSR count). The Balaban J connectivity index is 1.90. The van der Waals surface area contributed by atoms with Crippen LogP contribution in [0.5, 0.6) is 0 Å². The average Bonchev–Trinajstić information content (AvgIpc) is 2.87. The number of benzene rings is 2. The quantitative estimate of drug-likeness (QED) is 0.697. The molecule has 20 heavy (non-hydrogen) atoms. The number of rotatable bonds is 2. The Hall–Kier alpha value is -2.75. The van der Waals surface area contributed by atoms with Gasteiger partial charge in [0.15, 0.2) is 5.76 Å². The molecule has 1 amide bonds. The van der Waals surface area contributed by atoms with Crippen molar-refractivity contribution in [1.82, 2.24) is 0 Å². The number of anilines is 2. The van der Waals surface area contributed by atoms with Crippen LogP contribution in [0.4, 0.5) is 11.4 Å². The monoisotopic (exact) mass is 266 g/mol. The summed E-state index contributed by atoms with van der Waals surface area (Å²) < 4.78 is 5.52. The molecule has 0 saturated heterocycles. The molecule has 0 aliphatic carbocycles. The van der Waals surface area contributed by atoms with Crippen molar-refractivity contribution >= 4 is 28.3 Å². The number of nitrogen functional groups attached to an aromatic ring is 1. The molecule has 0 saturated carbocycles. The van der Waals surface area contributed by atoms with Gasteiger partial charge in [-0.05, 0) is 36.8 Å². The van der Waals surface area contributed by atoms with Gasteiger partial charge in [0, 0.05) is 5.39 Å². The Kier molecular flexibility index (Phi) is 2.91. The highest BCUT2D eigenvalue weighted by Gasteiger charge is 2.13. The summed E-state index contributed by atoms with van der Waals surface area (Å²) in [5, 5.41) is 3.67. The maximum atomic E-state index is 12.2. The highest BCUT2D eigenvalue weighted by atomic mass is 16.3. The summed E-state index contributed by atoms with van der Waals surface area (Å²) in [6.45, 7) is 1.94. The normalized spacial score (nSPS) is 10.7. The molecule has 0 atom stereocenters. The number of fused-ring (bicyclic) bond motifs is 1. The highest BCUT2D eigenvalue weighted by molar-refractivity contribution is 6.06. The Morgan fingerprint density at radius 3 is 2.75 bits per heavy atom. The van der Waals surface area contributed by atoms with E-state index in [0.717, 1.165) is 10.9 Å². The van der Waals surface area contributed by atoms with Gasteiger partial charge < -0.3 is 15.5 Å². The van der Waals surface area contributed by atoms with Gasteiger partial charge in [-0.15, -0.1) is 0 Å². The summed E-state index contributed by atoms with van der Waals surface area (Å²) in [6, 6.07) is 14.7. The number of nitrogens with two attached hydrogens (primary N) is 1. The first kappa shape index (κ1) is 12.3. The molecular weight excluding hydrogens is 252 g/mol. The number of aryl methyl sites for hydroxylation is 1. The predicted octanol–water partition coefficient (Wildman–Crippen LogP) is 3.58. The van der Waals surface area contributed by atoms with Crippen LogP contribution in [0.2, 0.25) is 0 Å². The van der Waals surface area contributed by atoms with E-state index in [-0.39, 0.29) is 11.7 Å². The van der Waals surface area contributed by atoms with Crippen LogP contribution < -0.4 is 11.1 Å². The molecule has 0 radical (unpaired) electrons. The molecule has 0 unspecified atom stereocenters. The second-order valence-electron chi connectivity index (χ2n) is 4.69. The molecule has 3 aromatic rings. The second-order valence-corrected chi connectivity index (χ2v) is 4.69. The summed E-state index contributed by atoms with van der Waals surface area (Å²) in [5.41, 5.74) is 8.68. The van der Waals surface area contributed by atoms with E-state index < -0.39 is 0 Å². The van der Waals surface area contributed by atoms with Gasteiger partial charge in [-0.25, -0.2) is 0 Å². The number of hydrogen-bond acceptors (Lipinski definition) is 3. The second kappa shape index (κ2) is 4.74. The van der Waals surface area contributed by atoms with E-state index in [9.17, 15) is 4.79 Å². The van der Waals surface area contributed by atoms with Gasteiger partial charge in [0.25, 0.3) is 5.91 Å². The molecule has 100 valence electrons. The zero-order valence-corrected chi connectivity index (χ0v) is 11.0. The van der Waals surface area contributed by atoms with Crippen LogP contribution in [-0.4, -0.2) is 5.91 Å². The van der Waals surface area contributed by atoms with E-state index in [2.05, 4.69) is 5.32 Å². The molecule has 2 aromatic carbocycles. The van der Waals surface area contributed by atoms with Gasteiger partial charge >= 0.3 is 0 Å². The minimum Gasteiger partial charge on any atom is -0.451 e. The standard InChI is InChI=1S/C16H14N2O2/c1-10-6-7-12(17)13(8-10)18-16(19)15-9-11-4-2-3-5-14(11)20-15/h2-9H,17H2,1H3,(H,18,19). The fourth-order valence-corrected chi connectivity index (χ4v) is 2.06. The maximum absolute atomic E-state index is 12.2. The molecule has 4 nitrogen and oxygen atoms in total. The molecular formula is C16H14N2O2. The minimum absolute atomic E-state index is 0.270. The van der Waals surface area contributed by atoms with Crippen LogP contribution in [0, 0.1) is 6.92 Å². The summed E-state index contributed by atoms with van der Waals surface area (Å²) in [6.07, 6.45) is 0. The largest absolute Gasteiger partial charge is 0.451 e. The van der Waals surface area contributed by atoms with E-state index in [1.54, 1.807) is 12.1 Å². The summed E-state index contributed by atoms with van der Waals surface area (Å²) in [5.74, 6) is -0.0365. The molecule has 0 fully saturated rings. The number of amides is 1. The van der Waals surface area contributed by atoms with Crippen molar-refractivity contribution in [1.29, 1.82) is 0 Å². The van der Waals surface area contributed by atoms with Crippen LogP contribution in [0.3, 0.4) is 0 Å². The molecule has 1 heterocycles. The zero-order valence-electron chi connectivity index (χ0n) is 11.0. The third-order valence-electron chi connectivity index (χ3n) is 3.11. The first-order chi connectivity index (χ1) is 9.63. The topological polar surface area (TPSA) is 68.3 Å². The SMILES string of the molecule is Cc1ccc(N)c(NC(=O)c2cc3ccccc3o2)c1. The maximum Gasteiger partial charge on any atom is 0.291 e. The van der Waals surface area contributed by atoms with Crippen molar-refractivity contribution in [2.75, 3.05) is 11.1 Å². The van der Waals surface area contributed by atoms with Crippen molar-refractivity contribution in [2.24, 2.45) is 0 Å². The Morgan fingerprint density at radius 2 is 1.95 bits per heavy atom.